The lowest BCUT2D eigenvalue weighted by atomic mass is 10.1. The number of nitrogens with zero attached hydrogens (tertiary/aromatic N) is 2. The molecule has 0 amide bonds. The van der Waals surface area contributed by atoms with E-state index in [2.05, 4.69) is 54.3 Å². The lowest BCUT2D eigenvalue weighted by Crippen LogP contribution is -2.24. The molecule has 1 heterocycles. The van der Waals surface area contributed by atoms with Gasteiger partial charge >= 0.3 is 0 Å². The molecular weight excluding hydrogens is 232 g/mol. The molecule has 94 valence electrons. The van der Waals surface area contributed by atoms with Crippen LogP contribution in [0.15, 0.2) is 42.5 Å². The molecule has 2 aromatic rings. The topological polar surface area (TPSA) is 27.0 Å². The summed E-state index contributed by atoms with van der Waals surface area (Å²) in [6, 6.07) is 17.3. The predicted octanol–water partition coefficient (Wildman–Crippen LogP) is 3.95. The zero-order chi connectivity index (χ0) is 13.4. The third kappa shape index (κ3) is 1.88. The van der Waals surface area contributed by atoms with Gasteiger partial charge in [0.2, 0.25) is 0 Å². The van der Waals surface area contributed by atoms with Crippen molar-refractivity contribution in [3.8, 4) is 6.07 Å². The van der Waals surface area contributed by atoms with Crippen LogP contribution in [0.3, 0.4) is 0 Å². The fourth-order valence-electron chi connectivity index (χ4n) is 2.88. The van der Waals surface area contributed by atoms with Gasteiger partial charge in [-0.1, -0.05) is 24.3 Å². The first-order valence-corrected chi connectivity index (χ1v) is 6.58. The van der Waals surface area contributed by atoms with E-state index in [4.69, 9.17) is 0 Å². The number of nitriles is 1. The number of rotatable bonds is 1. The van der Waals surface area contributed by atoms with E-state index in [0.717, 1.165) is 23.2 Å². The quantitative estimate of drug-likeness (QED) is 0.764. The van der Waals surface area contributed by atoms with Gasteiger partial charge in [0.1, 0.15) is 6.07 Å². The molecule has 1 aliphatic heterocycles. The van der Waals surface area contributed by atoms with E-state index in [1.54, 1.807) is 0 Å². The maximum Gasteiger partial charge on any atom is 0.101 e. The molecule has 2 aromatic carbocycles. The van der Waals surface area contributed by atoms with Crippen molar-refractivity contribution in [3.05, 3.63) is 59.2 Å². The fourth-order valence-corrected chi connectivity index (χ4v) is 2.88. The summed E-state index contributed by atoms with van der Waals surface area (Å²) in [4.78, 5) is 2.29. The summed E-state index contributed by atoms with van der Waals surface area (Å²) in [6.45, 7) is 4.23. The Balaban J connectivity index is 2.15. The van der Waals surface area contributed by atoms with Crippen LogP contribution in [0.1, 0.15) is 23.6 Å². The molecular formula is C17H16N2. The molecule has 3 rings (SSSR count). The minimum Gasteiger partial charge on any atom is -0.337 e. The zero-order valence-electron chi connectivity index (χ0n) is 11.2. The second-order valence-electron chi connectivity index (χ2n) is 5.18. The van der Waals surface area contributed by atoms with Crippen molar-refractivity contribution in [1.82, 2.24) is 0 Å². The Kier molecular flexibility index (Phi) is 2.76. The highest BCUT2D eigenvalue weighted by Crippen LogP contribution is 2.39. The van der Waals surface area contributed by atoms with Crippen LogP contribution in [-0.2, 0) is 6.42 Å². The van der Waals surface area contributed by atoms with Crippen LogP contribution in [0.25, 0.3) is 0 Å². The van der Waals surface area contributed by atoms with Crippen molar-refractivity contribution in [1.29, 1.82) is 5.26 Å². The normalized spacial score (nSPS) is 17.1. The smallest absolute Gasteiger partial charge is 0.101 e. The number of anilines is 2. The van der Waals surface area contributed by atoms with Gasteiger partial charge in [0.05, 0.1) is 11.3 Å². The van der Waals surface area contributed by atoms with Crippen LogP contribution in [0.4, 0.5) is 11.4 Å². The SMILES string of the molecule is Cc1ccc(N2c3ccccc3CC2C)c(C#N)c1. The number of hydrogen-bond acceptors (Lipinski definition) is 2. The second-order valence-corrected chi connectivity index (χ2v) is 5.18. The average molecular weight is 248 g/mol. The molecule has 2 nitrogen and oxygen atoms in total. The number of hydrogen-bond donors (Lipinski definition) is 0. The van der Waals surface area contributed by atoms with Crippen LogP contribution in [-0.4, -0.2) is 6.04 Å². The first-order chi connectivity index (χ1) is 9.20. The predicted molar refractivity (Wildman–Crippen MR) is 77.6 cm³/mol. The van der Waals surface area contributed by atoms with Gasteiger partial charge in [0, 0.05) is 11.7 Å². The lowest BCUT2D eigenvalue weighted by molar-refractivity contribution is 0.758. The van der Waals surface area contributed by atoms with E-state index in [0.29, 0.717) is 6.04 Å². The van der Waals surface area contributed by atoms with Crippen LogP contribution in [0, 0.1) is 18.3 Å². The summed E-state index contributed by atoms with van der Waals surface area (Å²) < 4.78 is 0. The summed E-state index contributed by atoms with van der Waals surface area (Å²) in [6.07, 6.45) is 1.04. The molecule has 0 aliphatic carbocycles. The molecule has 1 unspecified atom stereocenters. The zero-order valence-corrected chi connectivity index (χ0v) is 11.2. The van der Waals surface area contributed by atoms with Gasteiger partial charge in [-0.25, -0.2) is 0 Å². The highest BCUT2D eigenvalue weighted by molar-refractivity contribution is 5.75. The molecule has 0 saturated carbocycles. The third-order valence-electron chi connectivity index (χ3n) is 3.74. The number of fused-ring (bicyclic) bond motifs is 1. The van der Waals surface area contributed by atoms with Gasteiger partial charge in [-0.05, 0) is 49.6 Å². The molecule has 1 aliphatic rings. The van der Waals surface area contributed by atoms with Gasteiger partial charge in [-0.2, -0.15) is 5.26 Å². The van der Waals surface area contributed by atoms with Gasteiger partial charge < -0.3 is 4.90 Å². The van der Waals surface area contributed by atoms with Crippen molar-refractivity contribution >= 4 is 11.4 Å². The van der Waals surface area contributed by atoms with E-state index < -0.39 is 0 Å². The molecule has 0 N–H and O–H groups in total. The van der Waals surface area contributed by atoms with Crippen molar-refractivity contribution in [3.63, 3.8) is 0 Å². The Morgan fingerprint density at radius 1 is 1.16 bits per heavy atom. The van der Waals surface area contributed by atoms with Crippen LogP contribution < -0.4 is 4.90 Å². The standard InChI is InChI=1S/C17H16N2/c1-12-7-8-17(15(9-12)11-18)19-13(2)10-14-5-3-4-6-16(14)19/h3-9,13H,10H2,1-2H3. The van der Waals surface area contributed by atoms with Gasteiger partial charge in [-0.3, -0.25) is 0 Å². The summed E-state index contributed by atoms with van der Waals surface area (Å²) in [5, 5.41) is 9.36. The third-order valence-corrected chi connectivity index (χ3v) is 3.74. The van der Waals surface area contributed by atoms with Crippen molar-refractivity contribution in [2.45, 2.75) is 26.3 Å². The van der Waals surface area contributed by atoms with Crippen molar-refractivity contribution < 1.29 is 0 Å². The summed E-state index contributed by atoms with van der Waals surface area (Å²) in [5.74, 6) is 0. The molecule has 19 heavy (non-hydrogen) atoms. The lowest BCUT2D eigenvalue weighted by Gasteiger charge is -2.26. The Hall–Kier alpha value is -2.27. The number of para-hydroxylation sites is 1. The van der Waals surface area contributed by atoms with E-state index in [1.165, 1.54) is 11.3 Å². The highest BCUT2D eigenvalue weighted by atomic mass is 15.2. The summed E-state index contributed by atoms with van der Waals surface area (Å²) in [7, 11) is 0. The molecule has 0 spiro atoms. The Labute approximate surface area is 113 Å². The molecule has 2 heteroatoms. The fraction of sp³-hybridized carbons (Fsp3) is 0.235. The molecule has 0 bridgehead atoms. The number of benzene rings is 2. The van der Waals surface area contributed by atoms with Crippen molar-refractivity contribution in [2.24, 2.45) is 0 Å². The maximum absolute atomic E-state index is 9.36. The monoisotopic (exact) mass is 248 g/mol. The van der Waals surface area contributed by atoms with E-state index in [-0.39, 0.29) is 0 Å². The Morgan fingerprint density at radius 3 is 2.74 bits per heavy atom. The van der Waals surface area contributed by atoms with E-state index >= 15 is 0 Å². The average Bonchev–Trinajstić information content (AvgIpc) is 2.74. The Bertz CT molecular complexity index is 667. The second kappa shape index (κ2) is 4.44. The van der Waals surface area contributed by atoms with Crippen LogP contribution in [0.5, 0.6) is 0 Å². The largest absolute Gasteiger partial charge is 0.337 e. The van der Waals surface area contributed by atoms with Crippen LogP contribution >= 0.6 is 0 Å². The minimum absolute atomic E-state index is 0.396. The first kappa shape index (κ1) is 11.8. The van der Waals surface area contributed by atoms with E-state index in [1.807, 2.05) is 13.0 Å². The maximum atomic E-state index is 9.36. The molecule has 0 aromatic heterocycles. The first-order valence-electron chi connectivity index (χ1n) is 6.58. The van der Waals surface area contributed by atoms with Gasteiger partial charge in [-0.15, -0.1) is 0 Å². The van der Waals surface area contributed by atoms with Crippen LogP contribution in [0.2, 0.25) is 0 Å². The van der Waals surface area contributed by atoms with E-state index in [9.17, 15) is 5.26 Å². The van der Waals surface area contributed by atoms with Crippen molar-refractivity contribution in [2.75, 3.05) is 4.90 Å². The summed E-state index contributed by atoms with van der Waals surface area (Å²) in [5.41, 5.74) is 5.49. The Morgan fingerprint density at radius 2 is 1.95 bits per heavy atom. The molecule has 0 fully saturated rings. The summed E-state index contributed by atoms with van der Waals surface area (Å²) >= 11 is 0. The molecule has 0 saturated heterocycles. The number of aryl methyl sites for hydroxylation is 1. The minimum atomic E-state index is 0.396. The molecule has 1 atom stereocenters. The van der Waals surface area contributed by atoms with Gasteiger partial charge in [0.15, 0.2) is 0 Å². The highest BCUT2D eigenvalue weighted by Gasteiger charge is 2.28. The van der Waals surface area contributed by atoms with Gasteiger partial charge in [0.25, 0.3) is 0 Å². The molecule has 0 radical (unpaired) electrons.